The zero-order chi connectivity index (χ0) is 16.5. The van der Waals surface area contributed by atoms with E-state index in [2.05, 4.69) is 0 Å². The summed E-state index contributed by atoms with van der Waals surface area (Å²) in [5.74, 6) is 2.39. The van der Waals surface area contributed by atoms with E-state index in [0.717, 1.165) is 28.4 Å². The summed E-state index contributed by atoms with van der Waals surface area (Å²) in [7, 11) is 4.94. The van der Waals surface area contributed by atoms with Crippen LogP contribution < -0.4 is 14.2 Å². The first-order valence-electron chi connectivity index (χ1n) is 7.36. The van der Waals surface area contributed by atoms with Crippen molar-refractivity contribution in [2.45, 2.75) is 6.61 Å². The van der Waals surface area contributed by atoms with Crippen molar-refractivity contribution in [1.29, 1.82) is 0 Å². The number of hydrogen-bond acceptors (Lipinski definition) is 4. The Bertz CT molecular complexity index is 632. The fourth-order valence-corrected chi connectivity index (χ4v) is 2.10. The molecule has 122 valence electrons. The minimum Gasteiger partial charge on any atom is -0.497 e. The third-order valence-electron chi connectivity index (χ3n) is 3.38. The third-order valence-corrected chi connectivity index (χ3v) is 3.38. The molecule has 0 radical (unpaired) electrons. The quantitative estimate of drug-likeness (QED) is 0.692. The van der Waals surface area contributed by atoms with Crippen LogP contribution in [0.25, 0.3) is 6.08 Å². The normalized spacial score (nSPS) is 10.7. The Balaban J connectivity index is 1.84. The summed E-state index contributed by atoms with van der Waals surface area (Å²) in [6.45, 7) is 1.09. The summed E-state index contributed by atoms with van der Waals surface area (Å²) in [6, 6.07) is 13.6. The van der Waals surface area contributed by atoms with Crippen molar-refractivity contribution in [3.8, 4) is 17.2 Å². The molecule has 4 heteroatoms. The van der Waals surface area contributed by atoms with Crippen LogP contribution in [0.3, 0.4) is 0 Å². The van der Waals surface area contributed by atoms with E-state index in [1.807, 2.05) is 54.6 Å². The highest BCUT2D eigenvalue weighted by molar-refractivity contribution is 5.59. The molecule has 0 aliphatic rings. The van der Waals surface area contributed by atoms with Crippen LogP contribution in [-0.2, 0) is 11.3 Å². The smallest absolute Gasteiger partial charge is 0.129 e. The highest BCUT2D eigenvalue weighted by Crippen LogP contribution is 2.25. The fourth-order valence-electron chi connectivity index (χ4n) is 2.10. The topological polar surface area (TPSA) is 36.9 Å². The maximum atomic E-state index is 5.64. The van der Waals surface area contributed by atoms with E-state index in [1.165, 1.54) is 0 Å². The molecule has 0 amide bonds. The second kappa shape index (κ2) is 8.86. The zero-order valence-corrected chi connectivity index (χ0v) is 13.7. The molecule has 0 bridgehead atoms. The Morgan fingerprint density at radius 3 is 2.17 bits per heavy atom. The number of hydrogen-bond donors (Lipinski definition) is 0. The van der Waals surface area contributed by atoms with Crippen molar-refractivity contribution < 1.29 is 18.9 Å². The van der Waals surface area contributed by atoms with Crippen LogP contribution >= 0.6 is 0 Å². The van der Waals surface area contributed by atoms with Gasteiger partial charge < -0.3 is 18.9 Å². The summed E-state index contributed by atoms with van der Waals surface area (Å²) in [6.07, 6.45) is 3.94. The second-order valence-corrected chi connectivity index (χ2v) is 4.87. The van der Waals surface area contributed by atoms with Crippen molar-refractivity contribution in [3.63, 3.8) is 0 Å². The Hall–Kier alpha value is -2.46. The predicted octanol–water partition coefficient (Wildman–Crippen LogP) is 3.94. The SMILES string of the molecule is COc1ccc(COCC=Cc2ccc(OC)cc2OC)cc1. The van der Waals surface area contributed by atoms with E-state index in [-0.39, 0.29) is 0 Å². The zero-order valence-electron chi connectivity index (χ0n) is 13.7. The minimum atomic E-state index is 0.529. The van der Waals surface area contributed by atoms with Gasteiger partial charge in [0, 0.05) is 11.6 Å². The van der Waals surface area contributed by atoms with E-state index in [0.29, 0.717) is 13.2 Å². The lowest BCUT2D eigenvalue weighted by Crippen LogP contribution is -1.93. The first-order chi connectivity index (χ1) is 11.3. The molecule has 0 saturated heterocycles. The molecule has 23 heavy (non-hydrogen) atoms. The third kappa shape index (κ3) is 5.04. The number of benzene rings is 2. The average Bonchev–Trinajstić information content (AvgIpc) is 2.62. The van der Waals surface area contributed by atoms with Crippen molar-refractivity contribution in [2.75, 3.05) is 27.9 Å². The lowest BCUT2D eigenvalue weighted by molar-refractivity contribution is 0.149. The van der Waals surface area contributed by atoms with Gasteiger partial charge in [0.15, 0.2) is 0 Å². The van der Waals surface area contributed by atoms with E-state index in [4.69, 9.17) is 18.9 Å². The van der Waals surface area contributed by atoms with E-state index < -0.39 is 0 Å². The lowest BCUT2D eigenvalue weighted by Gasteiger charge is -2.07. The average molecular weight is 314 g/mol. The Kier molecular flexibility index (Phi) is 6.51. The number of ether oxygens (including phenoxy) is 4. The standard InChI is InChI=1S/C19H22O4/c1-20-17-9-6-15(7-10-17)14-23-12-4-5-16-8-11-18(21-2)13-19(16)22-3/h4-11,13H,12,14H2,1-3H3. The first-order valence-corrected chi connectivity index (χ1v) is 7.36. The molecule has 2 rings (SSSR count). The van der Waals surface area contributed by atoms with Crippen LogP contribution in [0.5, 0.6) is 17.2 Å². The van der Waals surface area contributed by atoms with Crippen molar-refractivity contribution in [1.82, 2.24) is 0 Å². The van der Waals surface area contributed by atoms with Gasteiger partial charge in [0.25, 0.3) is 0 Å². The van der Waals surface area contributed by atoms with Gasteiger partial charge in [-0.15, -0.1) is 0 Å². The molecule has 2 aromatic rings. The molecule has 0 saturated carbocycles. The molecule has 0 aliphatic heterocycles. The molecule has 0 N–H and O–H groups in total. The molecule has 2 aromatic carbocycles. The Morgan fingerprint density at radius 1 is 0.826 bits per heavy atom. The molecule has 0 atom stereocenters. The van der Waals surface area contributed by atoms with E-state index >= 15 is 0 Å². The van der Waals surface area contributed by atoms with E-state index in [1.54, 1.807) is 21.3 Å². The molecule has 0 unspecified atom stereocenters. The molecule has 0 heterocycles. The van der Waals surface area contributed by atoms with Crippen LogP contribution in [0.2, 0.25) is 0 Å². The fraction of sp³-hybridized carbons (Fsp3) is 0.263. The van der Waals surface area contributed by atoms with Gasteiger partial charge in [-0.3, -0.25) is 0 Å². The summed E-state index contributed by atoms with van der Waals surface area (Å²) in [4.78, 5) is 0. The van der Waals surface area contributed by atoms with Crippen molar-refractivity contribution >= 4 is 6.08 Å². The van der Waals surface area contributed by atoms with Crippen LogP contribution in [0, 0.1) is 0 Å². The lowest BCUT2D eigenvalue weighted by atomic mass is 10.2. The van der Waals surface area contributed by atoms with Crippen LogP contribution in [-0.4, -0.2) is 27.9 Å². The molecule has 0 aromatic heterocycles. The predicted molar refractivity (Wildman–Crippen MR) is 91.2 cm³/mol. The molecule has 0 aliphatic carbocycles. The van der Waals surface area contributed by atoms with Gasteiger partial charge in [0.05, 0.1) is 34.5 Å². The van der Waals surface area contributed by atoms with E-state index in [9.17, 15) is 0 Å². The monoisotopic (exact) mass is 314 g/mol. The van der Waals surface area contributed by atoms with Crippen LogP contribution in [0.15, 0.2) is 48.5 Å². The van der Waals surface area contributed by atoms with Gasteiger partial charge in [0.1, 0.15) is 17.2 Å². The second-order valence-electron chi connectivity index (χ2n) is 4.87. The Labute approximate surface area is 137 Å². The van der Waals surface area contributed by atoms with Gasteiger partial charge >= 0.3 is 0 Å². The maximum Gasteiger partial charge on any atom is 0.129 e. The maximum absolute atomic E-state index is 5.64. The molecule has 4 nitrogen and oxygen atoms in total. The van der Waals surface area contributed by atoms with Crippen molar-refractivity contribution in [2.24, 2.45) is 0 Å². The molecule has 0 spiro atoms. The molecule has 0 fully saturated rings. The van der Waals surface area contributed by atoms with Gasteiger partial charge in [-0.2, -0.15) is 0 Å². The summed E-state index contributed by atoms with van der Waals surface area (Å²) in [5, 5.41) is 0. The van der Waals surface area contributed by atoms with Crippen LogP contribution in [0.1, 0.15) is 11.1 Å². The van der Waals surface area contributed by atoms with Gasteiger partial charge in [-0.25, -0.2) is 0 Å². The highest BCUT2D eigenvalue weighted by atomic mass is 16.5. The van der Waals surface area contributed by atoms with Gasteiger partial charge in [-0.05, 0) is 29.8 Å². The summed E-state index contributed by atoms with van der Waals surface area (Å²) in [5.41, 5.74) is 2.10. The number of methoxy groups -OCH3 is 3. The van der Waals surface area contributed by atoms with Crippen LogP contribution in [0.4, 0.5) is 0 Å². The minimum absolute atomic E-state index is 0.529. The number of rotatable bonds is 8. The molecular weight excluding hydrogens is 292 g/mol. The largest absolute Gasteiger partial charge is 0.497 e. The Morgan fingerprint density at radius 2 is 1.52 bits per heavy atom. The van der Waals surface area contributed by atoms with Crippen molar-refractivity contribution in [3.05, 3.63) is 59.7 Å². The highest BCUT2D eigenvalue weighted by Gasteiger charge is 2.01. The molecular formula is C19H22O4. The van der Waals surface area contributed by atoms with Gasteiger partial charge in [0.2, 0.25) is 0 Å². The summed E-state index contributed by atoms with van der Waals surface area (Å²) < 4.78 is 21.3. The van der Waals surface area contributed by atoms with Gasteiger partial charge in [-0.1, -0.05) is 24.3 Å². The summed E-state index contributed by atoms with van der Waals surface area (Å²) >= 11 is 0. The first kappa shape index (κ1) is 16.9.